The minimum absolute atomic E-state index is 0.204. The summed E-state index contributed by atoms with van der Waals surface area (Å²) in [5.41, 5.74) is 1.22. The fourth-order valence-electron chi connectivity index (χ4n) is 3.95. The number of piperazine rings is 1. The number of hydrogen-bond acceptors (Lipinski definition) is 5. The van der Waals surface area contributed by atoms with Gasteiger partial charge in [-0.1, -0.05) is 35.5 Å². The van der Waals surface area contributed by atoms with Crippen LogP contribution in [-0.2, 0) is 11.3 Å². The van der Waals surface area contributed by atoms with E-state index in [0.29, 0.717) is 17.7 Å². The third kappa shape index (κ3) is 4.62. The number of aromatic nitrogens is 3. The Morgan fingerprint density at radius 3 is 2.59 bits per heavy atom. The molecule has 6 nitrogen and oxygen atoms in total. The number of rotatable bonds is 7. The van der Waals surface area contributed by atoms with Crippen LogP contribution in [-0.4, -0.2) is 62.4 Å². The highest BCUT2D eigenvalue weighted by molar-refractivity contribution is 7.99. The predicted octanol–water partition coefficient (Wildman–Crippen LogP) is 3.58. The lowest BCUT2D eigenvalue weighted by atomic mass is 10.2. The molecule has 2 saturated carbocycles. The van der Waals surface area contributed by atoms with E-state index in [-0.39, 0.29) is 5.91 Å². The molecule has 0 bridgehead atoms. The molecule has 1 amide bonds. The first-order valence-electron chi connectivity index (χ1n) is 10.5. The lowest BCUT2D eigenvalue weighted by Crippen LogP contribution is -2.48. The number of carbonyl (C=O) groups excluding carboxylic acids is 1. The molecule has 3 fully saturated rings. The van der Waals surface area contributed by atoms with Crippen molar-refractivity contribution < 1.29 is 4.79 Å². The summed E-state index contributed by atoms with van der Waals surface area (Å²) in [7, 11) is 0. The molecule has 2 heterocycles. The molecule has 1 aromatic heterocycles. The maximum atomic E-state index is 12.7. The van der Waals surface area contributed by atoms with E-state index in [0.717, 1.165) is 48.7 Å². The Labute approximate surface area is 180 Å². The zero-order valence-electron chi connectivity index (χ0n) is 16.5. The molecule has 3 aliphatic rings. The second-order valence-electron chi connectivity index (χ2n) is 8.29. The number of halogens is 1. The molecule has 8 heteroatoms. The number of carbonyl (C=O) groups is 1. The molecule has 2 aromatic rings. The lowest BCUT2D eigenvalue weighted by Gasteiger charge is -2.34. The van der Waals surface area contributed by atoms with Crippen LogP contribution in [0.5, 0.6) is 0 Å². The van der Waals surface area contributed by atoms with Gasteiger partial charge in [0.05, 0.1) is 5.75 Å². The van der Waals surface area contributed by atoms with Crippen LogP contribution in [0, 0.1) is 0 Å². The van der Waals surface area contributed by atoms with Crippen molar-refractivity contribution >= 4 is 29.3 Å². The van der Waals surface area contributed by atoms with Gasteiger partial charge in [0.2, 0.25) is 5.91 Å². The summed E-state index contributed by atoms with van der Waals surface area (Å²) in [5, 5.41) is 10.6. The van der Waals surface area contributed by atoms with Crippen LogP contribution in [0.3, 0.4) is 0 Å². The number of nitrogens with zero attached hydrogens (tertiary/aromatic N) is 5. The van der Waals surface area contributed by atoms with Crippen molar-refractivity contribution in [3.8, 4) is 0 Å². The second kappa shape index (κ2) is 8.28. The van der Waals surface area contributed by atoms with Gasteiger partial charge in [-0.15, -0.1) is 10.2 Å². The largest absolute Gasteiger partial charge is 0.339 e. The van der Waals surface area contributed by atoms with E-state index < -0.39 is 0 Å². The monoisotopic (exact) mass is 431 g/mol. The summed E-state index contributed by atoms with van der Waals surface area (Å²) < 4.78 is 2.32. The van der Waals surface area contributed by atoms with Crippen LogP contribution < -0.4 is 0 Å². The molecule has 0 atom stereocenters. The molecule has 0 spiro atoms. The van der Waals surface area contributed by atoms with Gasteiger partial charge in [-0.25, -0.2) is 0 Å². The molecular formula is C21H26ClN5OS. The first-order chi connectivity index (χ1) is 14.2. The summed E-state index contributed by atoms with van der Waals surface area (Å²) >= 11 is 7.64. The van der Waals surface area contributed by atoms with Crippen molar-refractivity contribution in [1.82, 2.24) is 24.6 Å². The molecule has 2 aliphatic carbocycles. The van der Waals surface area contributed by atoms with Gasteiger partial charge >= 0.3 is 0 Å². The minimum Gasteiger partial charge on any atom is -0.339 e. The van der Waals surface area contributed by atoms with Crippen LogP contribution in [0.1, 0.15) is 49.0 Å². The van der Waals surface area contributed by atoms with Gasteiger partial charge in [0.25, 0.3) is 0 Å². The standard InChI is InChI=1S/C21H26ClN5OS/c22-17-3-1-2-15(12-17)13-25-8-10-26(11-9-25)19(28)14-29-21-24-23-20(16-4-5-16)27(21)18-6-7-18/h1-3,12,16,18H,4-11,13-14H2. The highest BCUT2D eigenvalue weighted by atomic mass is 35.5. The van der Waals surface area contributed by atoms with Crippen LogP contribution >= 0.6 is 23.4 Å². The summed E-state index contributed by atoms with van der Waals surface area (Å²) in [6.45, 7) is 4.23. The molecule has 5 rings (SSSR count). The Bertz CT molecular complexity index is 887. The average molecular weight is 432 g/mol. The van der Waals surface area contributed by atoms with Crippen LogP contribution in [0.25, 0.3) is 0 Å². The van der Waals surface area contributed by atoms with Crippen molar-refractivity contribution in [2.75, 3.05) is 31.9 Å². The second-order valence-corrected chi connectivity index (χ2v) is 9.67. The van der Waals surface area contributed by atoms with Gasteiger partial charge in [0.15, 0.2) is 5.16 Å². The quantitative estimate of drug-likeness (QED) is 0.627. The highest BCUT2D eigenvalue weighted by Gasteiger charge is 2.36. The number of hydrogen-bond donors (Lipinski definition) is 0. The summed E-state index contributed by atoms with van der Waals surface area (Å²) in [5.74, 6) is 2.40. The normalized spacial score (nSPS) is 20.2. The van der Waals surface area contributed by atoms with Crippen molar-refractivity contribution in [2.24, 2.45) is 0 Å². The van der Waals surface area contributed by atoms with E-state index in [4.69, 9.17) is 11.6 Å². The Kier molecular flexibility index (Phi) is 5.54. The molecule has 0 N–H and O–H groups in total. The first-order valence-corrected chi connectivity index (χ1v) is 11.9. The third-order valence-electron chi connectivity index (χ3n) is 5.89. The molecule has 1 aliphatic heterocycles. The van der Waals surface area contributed by atoms with Gasteiger partial charge in [-0.05, 0) is 43.4 Å². The molecular weight excluding hydrogens is 406 g/mol. The summed E-state index contributed by atoms with van der Waals surface area (Å²) in [6, 6.07) is 8.57. The van der Waals surface area contributed by atoms with Crippen molar-refractivity contribution in [3.63, 3.8) is 0 Å². The van der Waals surface area contributed by atoms with Gasteiger partial charge in [0.1, 0.15) is 5.82 Å². The van der Waals surface area contributed by atoms with E-state index in [1.807, 2.05) is 23.1 Å². The number of amides is 1. The molecule has 0 unspecified atom stereocenters. The average Bonchev–Trinajstić information content (AvgIpc) is 3.65. The SMILES string of the molecule is O=C(CSc1nnc(C2CC2)n1C1CC1)N1CCN(Cc2cccc(Cl)c2)CC1. The molecule has 29 heavy (non-hydrogen) atoms. The maximum absolute atomic E-state index is 12.7. The van der Waals surface area contributed by atoms with Crippen LogP contribution in [0.2, 0.25) is 5.02 Å². The van der Waals surface area contributed by atoms with E-state index in [2.05, 4.69) is 25.7 Å². The summed E-state index contributed by atoms with van der Waals surface area (Å²) in [4.78, 5) is 17.1. The Morgan fingerprint density at radius 2 is 1.90 bits per heavy atom. The van der Waals surface area contributed by atoms with Gasteiger partial charge < -0.3 is 9.47 Å². The Balaban J connectivity index is 1.12. The van der Waals surface area contributed by atoms with Crippen molar-refractivity contribution in [2.45, 2.75) is 49.3 Å². The van der Waals surface area contributed by atoms with E-state index >= 15 is 0 Å². The first kappa shape index (κ1) is 19.4. The van der Waals surface area contributed by atoms with E-state index in [1.165, 1.54) is 31.2 Å². The number of benzene rings is 1. The molecule has 0 radical (unpaired) electrons. The topological polar surface area (TPSA) is 54.3 Å². The van der Waals surface area contributed by atoms with E-state index in [1.54, 1.807) is 11.8 Å². The lowest BCUT2D eigenvalue weighted by molar-refractivity contribution is -0.130. The molecule has 1 aromatic carbocycles. The Hall–Kier alpha value is -1.57. The smallest absolute Gasteiger partial charge is 0.233 e. The fourth-order valence-corrected chi connectivity index (χ4v) is 5.08. The highest BCUT2D eigenvalue weighted by Crippen LogP contribution is 2.46. The Morgan fingerprint density at radius 1 is 1.10 bits per heavy atom. The predicted molar refractivity (Wildman–Crippen MR) is 114 cm³/mol. The van der Waals surface area contributed by atoms with Crippen LogP contribution in [0.4, 0.5) is 0 Å². The zero-order valence-corrected chi connectivity index (χ0v) is 18.0. The van der Waals surface area contributed by atoms with Crippen molar-refractivity contribution in [1.29, 1.82) is 0 Å². The third-order valence-corrected chi connectivity index (χ3v) is 7.05. The fraction of sp³-hybridized carbons (Fsp3) is 0.571. The molecule has 154 valence electrons. The zero-order chi connectivity index (χ0) is 19.8. The maximum Gasteiger partial charge on any atom is 0.233 e. The van der Waals surface area contributed by atoms with Crippen LogP contribution in [0.15, 0.2) is 29.4 Å². The van der Waals surface area contributed by atoms with Gasteiger partial charge in [-0.3, -0.25) is 9.69 Å². The number of thioether (sulfide) groups is 1. The van der Waals surface area contributed by atoms with Gasteiger partial charge in [0, 0.05) is 49.7 Å². The molecule has 1 saturated heterocycles. The summed E-state index contributed by atoms with van der Waals surface area (Å²) in [6.07, 6.45) is 4.89. The van der Waals surface area contributed by atoms with E-state index in [9.17, 15) is 4.79 Å². The minimum atomic E-state index is 0.204. The van der Waals surface area contributed by atoms with Crippen molar-refractivity contribution in [3.05, 3.63) is 40.7 Å². The van der Waals surface area contributed by atoms with Gasteiger partial charge in [-0.2, -0.15) is 0 Å².